The van der Waals surface area contributed by atoms with E-state index in [0.29, 0.717) is 0 Å². The summed E-state index contributed by atoms with van der Waals surface area (Å²) in [5.74, 6) is 0.163. The first-order chi connectivity index (χ1) is 15.1. The van der Waals surface area contributed by atoms with Gasteiger partial charge >= 0.3 is 15.2 Å². The third kappa shape index (κ3) is 7.09. The highest BCUT2D eigenvalue weighted by molar-refractivity contribution is 7.70. The normalized spacial score (nSPS) is 19.7. The summed E-state index contributed by atoms with van der Waals surface area (Å²) < 4.78 is 23.0. The van der Waals surface area contributed by atoms with Crippen LogP contribution < -0.4 is 5.32 Å². The van der Waals surface area contributed by atoms with Gasteiger partial charge in [0.2, 0.25) is 0 Å². The molecule has 3 rings (SSSR count). The van der Waals surface area contributed by atoms with Crippen LogP contribution in [0.1, 0.15) is 41.9 Å². The van der Waals surface area contributed by atoms with Gasteiger partial charge < -0.3 is 24.9 Å². The van der Waals surface area contributed by atoms with E-state index in [4.69, 9.17) is 0 Å². The molecule has 2 unspecified atom stereocenters. The predicted molar refractivity (Wildman–Crippen MR) is 127 cm³/mol. The minimum Gasteiger partial charge on any atom is -0.324 e. The second kappa shape index (κ2) is 10.9. The van der Waals surface area contributed by atoms with Gasteiger partial charge in [0.25, 0.3) is 0 Å². The molecule has 2 aromatic rings. The van der Waals surface area contributed by atoms with Crippen molar-refractivity contribution in [2.45, 2.75) is 36.6 Å². The van der Waals surface area contributed by atoms with Crippen molar-refractivity contribution in [3.63, 3.8) is 0 Å². The van der Waals surface area contributed by atoms with Gasteiger partial charge in [0.05, 0.1) is 0 Å². The number of hydrogen-bond acceptors (Lipinski definition) is 3. The van der Waals surface area contributed by atoms with Gasteiger partial charge in [-0.15, -0.1) is 0 Å². The van der Waals surface area contributed by atoms with E-state index in [2.05, 4.69) is 53.9 Å². The second-order valence-electron chi connectivity index (χ2n) is 7.97. The SMILES string of the molecule is O=P(O)(O)C(CCNC1CC=CCC1c1ccc(C=Cc2ccccc2)cc1)P(=O)(O)O. The number of benzene rings is 2. The van der Waals surface area contributed by atoms with Crippen LogP contribution in [-0.2, 0) is 9.13 Å². The molecule has 0 saturated carbocycles. The van der Waals surface area contributed by atoms with Crippen molar-refractivity contribution >= 4 is 27.3 Å². The smallest absolute Gasteiger partial charge is 0.324 e. The lowest BCUT2D eigenvalue weighted by Gasteiger charge is -2.30. The van der Waals surface area contributed by atoms with Crippen LogP contribution >= 0.6 is 15.2 Å². The van der Waals surface area contributed by atoms with Crippen LogP contribution in [0.25, 0.3) is 12.2 Å². The first-order valence-electron chi connectivity index (χ1n) is 10.5. The van der Waals surface area contributed by atoms with Gasteiger partial charge in [0.15, 0.2) is 5.40 Å². The van der Waals surface area contributed by atoms with E-state index in [1.165, 1.54) is 0 Å². The summed E-state index contributed by atoms with van der Waals surface area (Å²) in [5.41, 5.74) is 3.35. The van der Waals surface area contributed by atoms with Crippen molar-refractivity contribution in [1.82, 2.24) is 5.32 Å². The Morgan fingerprint density at radius 2 is 1.41 bits per heavy atom. The van der Waals surface area contributed by atoms with Crippen molar-refractivity contribution in [2.75, 3.05) is 6.54 Å². The van der Waals surface area contributed by atoms with E-state index in [0.717, 1.165) is 29.5 Å². The van der Waals surface area contributed by atoms with Gasteiger partial charge in [-0.05, 0) is 42.5 Å². The van der Waals surface area contributed by atoms with E-state index >= 15 is 0 Å². The molecule has 0 bridgehead atoms. The van der Waals surface area contributed by atoms with E-state index in [-0.39, 0.29) is 24.9 Å². The molecule has 2 atom stereocenters. The van der Waals surface area contributed by atoms with E-state index in [1.54, 1.807) is 0 Å². The van der Waals surface area contributed by atoms with Crippen molar-refractivity contribution in [3.8, 4) is 0 Å². The molecule has 32 heavy (non-hydrogen) atoms. The molecule has 1 aliphatic carbocycles. The molecule has 0 fully saturated rings. The van der Waals surface area contributed by atoms with Crippen LogP contribution in [0.2, 0.25) is 0 Å². The summed E-state index contributed by atoms with van der Waals surface area (Å²) in [7, 11) is -9.80. The zero-order valence-electron chi connectivity index (χ0n) is 17.6. The van der Waals surface area contributed by atoms with E-state index in [1.807, 2.05) is 30.3 Å². The number of nitrogens with one attached hydrogen (secondary N) is 1. The zero-order chi connectivity index (χ0) is 23.2. The molecule has 0 saturated heterocycles. The first-order valence-corrected chi connectivity index (χ1v) is 13.8. The first kappa shape index (κ1) is 24.8. The minimum atomic E-state index is -4.90. The predicted octanol–water partition coefficient (Wildman–Crippen LogP) is 4.32. The van der Waals surface area contributed by atoms with Crippen molar-refractivity contribution < 1.29 is 28.7 Å². The molecule has 0 heterocycles. The van der Waals surface area contributed by atoms with Crippen LogP contribution in [0.3, 0.4) is 0 Å². The van der Waals surface area contributed by atoms with Gasteiger partial charge in [-0.25, -0.2) is 0 Å². The highest BCUT2D eigenvalue weighted by atomic mass is 31.2. The second-order valence-corrected chi connectivity index (χ2v) is 12.0. The lowest BCUT2D eigenvalue weighted by molar-refractivity contribution is 0.331. The van der Waals surface area contributed by atoms with Crippen molar-refractivity contribution in [1.29, 1.82) is 0 Å². The van der Waals surface area contributed by atoms with Gasteiger partial charge in [-0.2, -0.15) is 0 Å². The lowest BCUT2D eigenvalue weighted by atomic mass is 9.83. The summed E-state index contributed by atoms with van der Waals surface area (Å²) in [6, 6.07) is 18.3. The molecule has 0 aliphatic heterocycles. The van der Waals surface area contributed by atoms with Crippen LogP contribution in [0.4, 0.5) is 0 Å². The molecule has 0 spiro atoms. The van der Waals surface area contributed by atoms with Crippen molar-refractivity contribution in [3.05, 3.63) is 83.4 Å². The zero-order valence-corrected chi connectivity index (χ0v) is 19.4. The number of hydrogen-bond donors (Lipinski definition) is 5. The van der Waals surface area contributed by atoms with Crippen LogP contribution in [0.5, 0.6) is 0 Å². The van der Waals surface area contributed by atoms with Crippen LogP contribution in [0, 0.1) is 0 Å². The fourth-order valence-electron chi connectivity index (χ4n) is 3.95. The summed E-state index contributed by atoms with van der Waals surface area (Å²) in [6.07, 6.45) is 9.52. The standard InChI is InChI=1S/C23H29NO6P2/c25-31(26,27)23(32(28,29)30)16-17-24-22-9-5-4-8-21(22)20-14-12-19(13-15-20)11-10-18-6-2-1-3-7-18/h1-7,10-15,21-24H,8-9,16-17H2,(H2,25,26,27)(H2,28,29,30). The van der Waals surface area contributed by atoms with Gasteiger partial charge in [0.1, 0.15) is 0 Å². The largest absolute Gasteiger partial charge is 0.340 e. The fraction of sp³-hybridized carbons (Fsp3) is 0.304. The molecule has 0 aromatic heterocycles. The Bertz CT molecular complexity index is 1000. The van der Waals surface area contributed by atoms with E-state index < -0.39 is 20.6 Å². The average molecular weight is 477 g/mol. The number of rotatable bonds is 9. The molecule has 1 aliphatic rings. The Hall–Kier alpha value is -1.82. The monoisotopic (exact) mass is 477 g/mol. The summed E-state index contributed by atoms with van der Waals surface area (Å²) in [4.78, 5) is 37.2. The topological polar surface area (TPSA) is 127 Å². The minimum absolute atomic E-state index is 0.0138. The Morgan fingerprint density at radius 1 is 0.844 bits per heavy atom. The third-order valence-corrected chi connectivity index (χ3v) is 9.52. The molecular formula is C23H29NO6P2. The Balaban J connectivity index is 1.64. The Labute approximate surface area is 188 Å². The summed E-state index contributed by atoms with van der Waals surface area (Å²) in [5, 5.41) is 1.28. The van der Waals surface area contributed by atoms with Crippen molar-refractivity contribution in [2.24, 2.45) is 0 Å². The quantitative estimate of drug-likeness (QED) is 0.207. The maximum Gasteiger partial charge on any atom is 0.340 e. The molecule has 9 heteroatoms. The molecule has 172 valence electrons. The Kier molecular flexibility index (Phi) is 8.43. The average Bonchev–Trinajstić information content (AvgIpc) is 2.75. The van der Waals surface area contributed by atoms with Gasteiger partial charge in [-0.3, -0.25) is 9.13 Å². The molecule has 7 nitrogen and oxygen atoms in total. The molecule has 0 amide bonds. The molecule has 5 N–H and O–H groups in total. The van der Waals surface area contributed by atoms with Crippen LogP contribution in [-0.4, -0.2) is 37.6 Å². The maximum atomic E-state index is 11.5. The highest BCUT2D eigenvalue weighted by Crippen LogP contribution is 2.61. The lowest BCUT2D eigenvalue weighted by Crippen LogP contribution is -2.37. The third-order valence-electron chi connectivity index (χ3n) is 5.65. The Morgan fingerprint density at radius 3 is 2.00 bits per heavy atom. The molecular weight excluding hydrogens is 448 g/mol. The molecule has 2 aromatic carbocycles. The summed E-state index contributed by atoms with van der Waals surface area (Å²) in [6.45, 7) is 0.105. The van der Waals surface area contributed by atoms with Crippen LogP contribution in [0.15, 0.2) is 66.7 Å². The maximum absolute atomic E-state index is 11.5. The molecule has 0 radical (unpaired) electrons. The number of allylic oxidation sites excluding steroid dienone is 1. The highest BCUT2D eigenvalue weighted by Gasteiger charge is 2.42. The summed E-state index contributed by atoms with van der Waals surface area (Å²) >= 11 is 0. The van der Waals surface area contributed by atoms with E-state index in [9.17, 15) is 28.7 Å². The fourth-order valence-corrected chi connectivity index (χ4v) is 6.45. The van der Waals surface area contributed by atoms with Gasteiger partial charge in [-0.1, -0.05) is 78.9 Å². The van der Waals surface area contributed by atoms with Gasteiger partial charge in [0, 0.05) is 12.0 Å².